The van der Waals surface area contributed by atoms with Crippen LogP contribution in [0.4, 0.5) is 29.3 Å². The molecule has 130 valence electrons. The summed E-state index contributed by atoms with van der Waals surface area (Å²) in [5, 5.41) is 13.7. The predicted molar refractivity (Wildman–Crippen MR) is 83.6 cm³/mol. The predicted octanol–water partition coefficient (Wildman–Crippen LogP) is 2.91. The highest BCUT2D eigenvalue weighted by Gasteiger charge is 2.34. The molecule has 0 aliphatic carbocycles. The Hall–Kier alpha value is -1.96. The monoisotopic (exact) mass is 333 g/mol. The van der Waals surface area contributed by atoms with Gasteiger partial charge in [-0.05, 0) is 31.0 Å². The van der Waals surface area contributed by atoms with E-state index >= 15 is 0 Å². The van der Waals surface area contributed by atoms with Gasteiger partial charge in [-0.1, -0.05) is 6.92 Å². The van der Waals surface area contributed by atoms with Crippen molar-refractivity contribution in [1.82, 2.24) is 5.32 Å². The lowest BCUT2D eigenvalue weighted by molar-refractivity contribution is -0.136. The molecule has 0 bridgehead atoms. The van der Waals surface area contributed by atoms with Crippen molar-refractivity contribution < 1.29 is 23.1 Å². The van der Waals surface area contributed by atoms with Crippen molar-refractivity contribution in [1.29, 1.82) is 0 Å². The molecule has 0 spiro atoms. The van der Waals surface area contributed by atoms with E-state index in [0.29, 0.717) is 5.69 Å². The molecule has 1 aromatic rings. The third-order valence-electron chi connectivity index (χ3n) is 3.57. The first-order chi connectivity index (χ1) is 10.6. The number of nitrogens with one attached hydrogen (secondary N) is 2. The van der Waals surface area contributed by atoms with E-state index in [4.69, 9.17) is 5.11 Å². The Morgan fingerprint density at radius 1 is 1.30 bits per heavy atom. The minimum absolute atomic E-state index is 0.132. The number of nitrogens with zero attached hydrogens (tertiary/aromatic N) is 1. The fourth-order valence-corrected chi connectivity index (χ4v) is 1.82. The van der Waals surface area contributed by atoms with Crippen LogP contribution in [0.3, 0.4) is 0 Å². The lowest BCUT2D eigenvalue weighted by Crippen LogP contribution is -2.41. The molecule has 0 aliphatic rings. The highest BCUT2D eigenvalue weighted by atomic mass is 19.4. The number of anilines is 2. The van der Waals surface area contributed by atoms with Gasteiger partial charge in [0.2, 0.25) is 0 Å². The van der Waals surface area contributed by atoms with E-state index in [2.05, 4.69) is 10.6 Å². The number of hydrogen-bond donors (Lipinski definition) is 3. The number of rotatable bonds is 5. The average molecular weight is 333 g/mol. The summed E-state index contributed by atoms with van der Waals surface area (Å²) in [6, 6.07) is 2.56. The van der Waals surface area contributed by atoms with Crippen LogP contribution >= 0.6 is 0 Å². The fraction of sp³-hybridized carbons (Fsp3) is 0.533. The Morgan fingerprint density at radius 3 is 2.39 bits per heavy atom. The van der Waals surface area contributed by atoms with Crippen LogP contribution in [0.15, 0.2) is 18.2 Å². The molecule has 0 saturated carbocycles. The molecule has 0 heterocycles. The summed E-state index contributed by atoms with van der Waals surface area (Å²) in [5.41, 5.74) is -0.850. The molecule has 2 unspecified atom stereocenters. The third kappa shape index (κ3) is 5.31. The van der Waals surface area contributed by atoms with Crippen molar-refractivity contribution in [2.24, 2.45) is 5.92 Å². The third-order valence-corrected chi connectivity index (χ3v) is 3.57. The zero-order chi connectivity index (χ0) is 17.8. The number of carbonyl (C=O) groups excluding carboxylic acids is 1. The second-order valence-electron chi connectivity index (χ2n) is 5.67. The van der Waals surface area contributed by atoms with Gasteiger partial charge in [0.15, 0.2) is 0 Å². The zero-order valence-electron chi connectivity index (χ0n) is 13.5. The first-order valence-electron chi connectivity index (χ1n) is 7.13. The number of aliphatic hydroxyl groups excluding tert-OH is 1. The SMILES string of the molecule is CC(CO)C(C)NC(=O)Nc1ccc(N(C)C)cc1C(F)(F)F. The van der Waals surface area contributed by atoms with Crippen LogP contribution in [0.25, 0.3) is 0 Å². The molecule has 2 amide bonds. The number of aliphatic hydroxyl groups is 1. The largest absolute Gasteiger partial charge is 0.418 e. The first-order valence-corrected chi connectivity index (χ1v) is 7.13. The van der Waals surface area contributed by atoms with Crippen LogP contribution < -0.4 is 15.5 Å². The van der Waals surface area contributed by atoms with Gasteiger partial charge in [0.05, 0.1) is 11.3 Å². The Bertz CT molecular complexity index is 547. The molecule has 0 aliphatic heterocycles. The average Bonchev–Trinajstić information content (AvgIpc) is 2.45. The topological polar surface area (TPSA) is 64.6 Å². The van der Waals surface area contributed by atoms with Crippen molar-refractivity contribution in [2.45, 2.75) is 26.1 Å². The molecular formula is C15H22F3N3O2. The van der Waals surface area contributed by atoms with Gasteiger partial charge in [-0.2, -0.15) is 13.2 Å². The number of hydrogen-bond acceptors (Lipinski definition) is 3. The number of amides is 2. The number of alkyl halides is 3. The smallest absolute Gasteiger partial charge is 0.396 e. The standard InChI is InChI=1S/C15H22F3N3O2/c1-9(8-22)10(2)19-14(23)20-13-6-5-11(21(3)4)7-12(13)15(16,17)18/h5-7,9-10,22H,8H2,1-4H3,(H2,19,20,23). The van der Waals surface area contributed by atoms with E-state index in [9.17, 15) is 18.0 Å². The number of carbonyl (C=O) groups is 1. The van der Waals surface area contributed by atoms with E-state index < -0.39 is 17.8 Å². The normalized spacial score (nSPS) is 14.1. The van der Waals surface area contributed by atoms with E-state index in [-0.39, 0.29) is 24.3 Å². The fourth-order valence-electron chi connectivity index (χ4n) is 1.82. The van der Waals surface area contributed by atoms with Crippen LogP contribution in [0.5, 0.6) is 0 Å². The number of halogens is 3. The number of benzene rings is 1. The second kappa shape index (κ2) is 7.54. The van der Waals surface area contributed by atoms with Gasteiger partial charge < -0.3 is 20.6 Å². The van der Waals surface area contributed by atoms with Crippen LogP contribution in [-0.4, -0.2) is 37.9 Å². The Balaban J connectivity index is 2.97. The van der Waals surface area contributed by atoms with Gasteiger partial charge in [0, 0.05) is 32.4 Å². The van der Waals surface area contributed by atoms with Crippen molar-refractivity contribution in [3.8, 4) is 0 Å². The molecule has 0 aromatic heterocycles. The van der Waals surface area contributed by atoms with Crippen LogP contribution in [-0.2, 0) is 6.18 Å². The Kier molecular flexibility index (Phi) is 6.26. The van der Waals surface area contributed by atoms with Gasteiger partial charge in [0.1, 0.15) is 0 Å². The maximum atomic E-state index is 13.2. The van der Waals surface area contributed by atoms with E-state index in [1.807, 2.05) is 0 Å². The maximum Gasteiger partial charge on any atom is 0.418 e. The summed E-state index contributed by atoms with van der Waals surface area (Å²) in [6.45, 7) is 3.25. The van der Waals surface area contributed by atoms with Crippen molar-refractivity contribution in [2.75, 3.05) is 30.9 Å². The Labute approximate surface area is 133 Å². The second-order valence-corrected chi connectivity index (χ2v) is 5.67. The lowest BCUT2D eigenvalue weighted by Gasteiger charge is -2.21. The molecule has 3 N–H and O–H groups in total. The van der Waals surface area contributed by atoms with Crippen molar-refractivity contribution in [3.05, 3.63) is 23.8 Å². The lowest BCUT2D eigenvalue weighted by atomic mass is 10.1. The van der Waals surface area contributed by atoms with Crippen LogP contribution in [0.2, 0.25) is 0 Å². The molecule has 0 saturated heterocycles. The van der Waals surface area contributed by atoms with Crippen molar-refractivity contribution in [3.63, 3.8) is 0 Å². The number of urea groups is 1. The summed E-state index contributed by atoms with van der Waals surface area (Å²) in [7, 11) is 3.26. The molecule has 23 heavy (non-hydrogen) atoms. The molecule has 0 radical (unpaired) electrons. The van der Waals surface area contributed by atoms with Gasteiger partial charge >= 0.3 is 12.2 Å². The molecular weight excluding hydrogens is 311 g/mol. The highest BCUT2D eigenvalue weighted by Crippen LogP contribution is 2.37. The van der Waals surface area contributed by atoms with Gasteiger partial charge in [-0.3, -0.25) is 0 Å². The summed E-state index contributed by atoms with van der Waals surface area (Å²) < 4.78 is 39.5. The van der Waals surface area contributed by atoms with Gasteiger partial charge in [-0.15, -0.1) is 0 Å². The molecule has 0 fully saturated rings. The van der Waals surface area contributed by atoms with E-state index in [1.165, 1.54) is 12.1 Å². The minimum Gasteiger partial charge on any atom is -0.396 e. The highest BCUT2D eigenvalue weighted by molar-refractivity contribution is 5.90. The van der Waals surface area contributed by atoms with Gasteiger partial charge in [-0.25, -0.2) is 4.79 Å². The molecule has 1 rings (SSSR count). The van der Waals surface area contributed by atoms with E-state index in [1.54, 1.807) is 32.8 Å². The maximum absolute atomic E-state index is 13.2. The first kappa shape index (κ1) is 19.1. The summed E-state index contributed by atoms with van der Waals surface area (Å²) in [5.74, 6) is -0.209. The quantitative estimate of drug-likeness (QED) is 0.776. The molecule has 1 aromatic carbocycles. The Morgan fingerprint density at radius 2 is 1.91 bits per heavy atom. The van der Waals surface area contributed by atoms with Crippen molar-refractivity contribution >= 4 is 17.4 Å². The van der Waals surface area contributed by atoms with Gasteiger partial charge in [0.25, 0.3) is 0 Å². The minimum atomic E-state index is -4.58. The summed E-state index contributed by atoms with van der Waals surface area (Å²) in [4.78, 5) is 13.4. The summed E-state index contributed by atoms with van der Waals surface area (Å²) >= 11 is 0. The summed E-state index contributed by atoms with van der Waals surface area (Å²) in [6.07, 6.45) is -4.58. The van der Waals surface area contributed by atoms with Crippen LogP contribution in [0.1, 0.15) is 19.4 Å². The zero-order valence-corrected chi connectivity index (χ0v) is 13.5. The van der Waals surface area contributed by atoms with E-state index in [0.717, 1.165) is 6.07 Å². The molecule has 8 heteroatoms. The molecule has 5 nitrogen and oxygen atoms in total. The molecule has 2 atom stereocenters. The van der Waals surface area contributed by atoms with Crippen LogP contribution in [0, 0.1) is 5.92 Å².